The summed E-state index contributed by atoms with van der Waals surface area (Å²) in [5.74, 6) is 0.951. The lowest BCUT2D eigenvalue weighted by atomic mass is 10.1. The molecule has 2 heterocycles. The Morgan fingerprint density at radius 2 is 2.27 bits per heavy atom. The SMILES string of the molecule is C[C]1C=Cc2cccnc2N1. The standard InChI is InChI=1S/C9H9N2/c1-7-4-5-8-3-2-6-10-9(8)11-7/h2-6H,1H3,(H,10,11). The quantitative estimate of drug-likeness (QED) is 0.604. The molecule has 2 nitrogen and oxygen atoms in total. The van der Waals surface area contributed by atoms with Crippen molar-refractivity contribution in [1.29, 1.82) is 0 Å². The molecule has 0 fully saturated rings. The molecule has 0 saturated heterocycles. The predicted octanol–water partition coefficient (Wildman–Crippen LogP) is 2.07. The van der Waals surface area contributed by atoms with Gasteiger partial charge in [0, 0.05) is 11.8 Å². The van der Waals surface area contributed by atoms with Crippen LogP contribution in [-0.2, 0) is 0 Å². The van der Waals surface area contributed by atoms with Gasteiger partial charge in [-0.15, -0.1) is 0 Å². The fourth-order valence-corrected chi connectivity index (χ4v) is 1.10. The first-order chi connectivity index (χ1) is 5.36. The third-order valence-electron chi connectivity index (χ3n) is 1.67. The van der Waals surface area contributed by atoms with Crippen LogP contribution in [0.4, 0.5) is 5.82 Å². The van der Waals surface area contributed by atoms with E-state index >= 15 is 0 Å². The first kappa shape index (κ1) is 6.40. The maximum atomic E-state index is 4.19. The second kappa shape index (κ2) is 2.38. The molecule has 2 rings (SSSR count). The Kier molecular flexibility index (Phi) is 1.39. The van der Waals surface area contributed by atoms with Crippen molar-refractivity contribution in [1.82, 2.24) is 4.98 Å². The van der Waals surface area contributed by atoms with E-state index in [4.69, 9.17) is 0 Å². The minimum Gasteiger partial charge on any atom is -0.358 e. The normalized spacial score (nSPS) is 15.7. The molecule has 1 aliphatic heterocycles. The fraction of sp³-hybridized carbons (Fsp3) is 0.111. The summed E-state index contributed by atoms with van der Waals surface area (Å²) >= 11 is 0. The lowest BCUT2D eigenvalue weighted by Crippen LogP contribution is -2.08. The summed E-state index contributed by atoms with van der Waals surface area (Å²) in [6, 6.07) is 5.11. The third kappa shape index (κ3) is 1.11. The summed E-state index contributed by atoms with van der Waals surface area (Å²) in [4.78, 5) is 4.19. The number of fused-ring (bicyclic) bond motifs is 1. The maximum Gasteiger partial charge on any atom is 0.133 e. The van der Waals surface area contributed by atoms with Gasteiger partial charge in [-0.1, -0.05) is 12.2 Å². The molecular formula is C9H9N2. The van der Waals surface area contributed by atoms with E-state index in [9.17, 15) is 0 Å². The molecule has 1 aromatic heterocycles. The number of hydrogen-bond acceptors (Lipinski definition) is 2. The summed E-state index contributed by atoms with van der Waals surface area (Å²) < 4.78 is 0. The number of rotatable bonds is 0. The zero-order valence-electron chi connectivity index (χ0n) is 6.33. The van der Waals surface area contributed by atoms with Crippen LogP contribution in [0.1, 0.15) is 12.5 Å². The molecule has 0 aliphatic carbocycles. The molecule has 2 heteroatoms. The second-order valence-electron chi connectivity index (χ2n) is 2.58. The monoisotopic (exact) mass is 145 g/mol. The Labute approximate surface area is 66.0 Å². The van der Waals surface area contributed by atoms with Crippen molar-refractivity contribution in [2.24, 2.45) is 0 Å². The highest BCUT2D eigenvalue weighted by Crippen LogP contribution is 2.21. The van der Waals surface area contributed by atoms with E-state index in [1.54, 1.807) is 6.20 Å². The number of hydrogen-bond donors (Lipinski definition) is 1. The lowest BCUT2D eigenvalue weighted by Gasteiger charge is -2.15. The molecular weight excluding hydrogens is 136 g/mol. The van der Waals surface area contributed by atoms with Gasteiger partial charge in [0.05, 0.1) is 6.04 Å². The van der Waals surface area contributed by atoms with Gasteiger partial charge in [-0.25, -0.2) is 4.98 Å². The average molecular weight is 145 g/mol. The summed E-state index contributed by atoms with van der Waals surface area (Å²) in [7, 11) is 0. The van der Waals surface area contributed by atoms with Crippen molar-refractivity contribution in [3.8, 4) is 0 Å². The fourth-order valence-electron chi connectivity index (χ4n) is 1.10. The summed E-state index contributed by atoms with van der Waals surface area (Å²) in [6.45, 7) is 2.02. The minimum atomic E-state index is 0.951. The molecule has 0 unspecified atom stereocenters. The minimum absolute atomic E-state index is 0.951. The lowest BCUT2D eigenvalue weighted by molar-refractivity contribution is 1.15. The van der Waals surface area contributed by atoms with Crippen LogP contribution in [0.2, 0.25) is 0 Å². The highest BCUT2D eigenvalue weighted by atomic mass is 15.0. The van der Waals surface area contributed by atoms with Gasteiger partial charge in [-0.2, -0.15) is 0 Å². The average Bonchev–Trinajstić information content (AvgIpc) is 2.04. The maximum absolute atomic E-state index is 4.19. The molecule has 0 amide bonds. The van der Waals surface area contributed by atoms with Crippen LogP contribution < -0.4 is 5.32 Å². The summed E-state index contributed by atoms with van der Waals surface area (Å²) in [6.07, 6.45) is 5.90. The Morgan fingerprint density at radius 1 is 1.36 bits per heavy atom. The van der Waals surface area contributed by atoms with E-state index in [0.29, 0.717) is 0 Å². The molecule has 1 radical (unpaired) electrons. The van der Waals surface area contributed by atoms with Gasteiger partial charge in [0.2, 0.25) is 0 Å². The van der Waals surface area contributed by atoms with Crippen molar-refractivity contribution in [2.75, 3.05) is 5.32 Å². The van der Waals surface area contributed by atoms with E-state index in [2.05, 4.69) is 16.4 Å². The Hall–Kier alpha value is -1.31. The van der Waals surface area contributed by atoms with Gasteiger partial charge >= 0.3 is 0 Å². The van der Waals surface area contributed by atoms with Gasteiger partial charge in [0.1, 0.15) is 5.82 Å². The van der Waals surface area contributed by atoms with Gasteiger partial charge in [0.15, 0.2) is 0 Å². The van der Waals surface area contributed by atoms with Gasteiger partial charge in [-0.3, -0.25) is 0 Å². The molecule has 0 aromatic carbocycles. The van der Waals surface area contributed by atoms with E-state index in [-0.39, 0.29) is 0 Å². The highest BCUT2D eigenvalue weighted by molar-refractivity contribution is 5.69. The summed E-state index contributed by atoms with van der Waals surface area (Å²) in [5, 5.41) is 3.18. The molecule has 1 aliphatic rings. The second-order valence-corrected chi connectivity index (χ2v) is 2.58. The molecule has 11 heavy (non-hydrogen) atoms. The molecule has 0 atom stereocenters. The van der Waals surface area contributed by atoms with E-state index in [0.717, 1.165) is 17.4 Å². The molecule has 55 valence electrons. The van der Waals surface area contributed by atoms with Gasteiger partial charge in [0.25, 0.3) is 0 Å². The number of pyridine rings is 1. The third-order valence-corrected chi connectivity index (χ3v) is 1.67. The van der Waals surface area contributed by atoms with Crippen molar-refractivity contribution in [3.05, 3.63) is 36.0 Å². The van der Waals surface area contributed by atoms with Crippen molar-refractivity contribution >= 4 is 11.9 Å². The van der Waals surface area contributed by atoms with Crippen molar-refractivity contribution in [2.45, 2.75) is 6.92 Å². The van der Waals surface area contributed by atoms with Gasteiger partial charge < -0.3 is 5.32 Å². The molecule has 0 spiro atoms. The molecule has 1 N–H and O–H groups in total. The van der Waals surface area contributed by atoms with E-state index in [1.165, 1.54) is 0 Å². The number of nitrogens with zero attached hydrogens (tertiary/aromatic N) is 1. The zero-order valence-corrected chi connectivity index (χ0v) is 6.33. The van der Waals surface area contributed by atoms with Crippen LogP contribution in [0.3, 0.4) is 0 Å². The van der Waals surface area contributed by atoms with E-state index in [1.807, 2.05) is 25.1 Å². The zero-order chi connectivity index (χ0) is 7.68. The number of anilines is 1. The topological polar surface area (TPSA) is 24.9 Å². The first-order valence-electron chi connectivity index (χ1n) is 3.60. The molecule has 0 bridgehead atoms. The number of aromatic nitrogens is 1. The smallest absolute Gasteiger partial charge is 0.133 e. The Bertz CT molecular complexity index is 291. The first-order valence-corrected chi connectivity index (χ1v) is 3.60. The summed E-state index contributed by atoms with van der Waals surface area (Å²) in [5.41, 5.74) is 1.15. The largest absolute Gasteiger partial charge is 0.358 e. The van der Waals surface area contributed by atoms with Crippen LogP contribution in [0.15, 0.2) is 24.4 Å². The van der Waals surface area contributed by atoms with Crippen LogP contribution in [0.25, 0.3) is 6.08 Å². The van der Waals surface area contributed by atoms with Crippen LogP contribution in [0.5, 0.6) is 0 Å². The Balaban J connectivity index is 2.46. The van der Waals surface area contributed by atoms with Crippen LogP contribution in [0, 0.1) is 6.04 Å². The highest BCUT2D eigenvalue weighted by Gasteiger charge is 2.07. The van der Waals surface area contributed by atoms with Crippen molar-refractivity contribution in [3.63, 3.8) is 0 Å². The molecule has 0 saturated carbocycles. The van der Waals surface area contributed by atoms with E-state index < -0.39 is 0 Å². The van der Waals surface area contributed by atoms with Crippen molar-refractivity contribution < 1.29 is 0 Å². The van der Waals surface area contributed by atoms with Gasteiger partial charge in [-0.05, 0) is 19.1 Å². The predicted molar refractivity (Wildman–Crippen MR) is 45.8 cm³/mol. The molecule has 1 aromatic rings. The van der Waals surface area contributed by atoms with Crippen LogP contribution >= 0.6 is 0 Å². The Morgan fingerprint density at radius 3 is 3.18 bits per heavy atom. The van der Waals surface area contributed by atoms with Crippen LogP contribution in [-0.4, -0.2) is 4.98 Å². The number of nitrogens with one attached hydrogen (secondary N) is 1.